The molecular formula is C8H12N2O. The summed E-state index contributed by atoms with van der Waals surface area (Å²) >= 11 is 0. The van der Waals surface area contributed by atoms with E-state index in [1.54, 1.807) is 6.08 Å². The van der Waals surface area contributed by atoms with Gasteiger partial charge in [0.05, 0.1) is 12.2 Å². The van der Waals surface area contributed by atoms with E-state index in [1.807, 2.05) is 0 Å². The molecule has 0 rings (SSSR count). The molecule has 0 aromatic rings. The average molecular weight is 152 g/mol. The Kier molecular flexibility index (Phi) is 4.73. The summed E-state index contributed by atoms with van der Waals surface area (Å²) in [6.45, 7) is 8.89. The van der Waals surface area contributed by atoms with Crippen LogP contribution in [-0.2, 0) is 4.79 Å². The van der Waals surface area contributed by atoms with Crippen molar-refractivity contribution >= 4 is 12.1 Å². The van der Waals surface area contributed by atoms with E-state index in [0.29, 0.717) is 12.2 Å². The molecule has 0 atom stereocenters. The minimum atomic E-state index is -0.0834. The van der Waals surface area contributed by atoms with Crippen LogP contribution >= 0.6 is 0 Å². The summed E-state index contributed by atoms with van der Waals surface area (Å²) < 4.78 is 0. The van der Waals surface area contributed by atoms with E-state index >= 15 is 0 Å². The minimum absolute atomic E-state index is 0.0834. The maximum atomic E-state index is 10.4. The SMILES string of the molecule is C=CC=NC(=C)CNC(C)=O. The number of allylic oxidation sites excluding steroid dienone is 1. The van der Waals surface area contributed by atoms with E-state index in [4.69, 9.17) is 0 Å². The zero-order valence-electron chi connectivity index (χ0n) is 6.63. The molecule has 3 nitrogen and oxygen atoms in total. The van der Waals surface area contributed by atoms with Gasteiger partial charge in [-0.25, -0.2) is 0 Å². The lowest BCUT2D eigenvalue weighted by Gasteiger charge is -1.98. The van der Waals surface area contributed by atoms with Gasteiger partial charge < -0.3 is 5.32 Å². The lowest BCUT2D eigenvalue weighted by molar-refractivity contribution is -0.118. The number of nitrogens with zero attached hydrogens (tertiary/aromatic N) is 1. The highest BCUT2D eigenvalue weighted by molar-refractivity contribution is 5.73. The predicted octanol–water partition coefficient (Wildman–Crippen LogP) is 0.893. The van der Waals surface area contributed by atoms with Crippen LogP contribution in [0.1, 0.15) is 6.92 Å². The van der Waals surface area contributed by atoms with E-state index < -0.39 is 0 Å². The predicted molar refractivity (Wildman–Crippen MR) is 46.5 cm³/mol. The van der Waals surface area contributed by atoms with Gasteiger partial charge in [0.2, 0.25) is 5.91 Å². The molecule has 0 aliphatic rings. The molecular weight excluding hydrogens is 140 g/mol. The second-order valence-electron chi connectivity index (χ2n) is 1.99. The fraction of sp³-hybridized carbons (Fsp3) is 0.250. The van der Waals surface area contributed by atoms with Gasteiger partial charge in [-0.1, -0.05) is 19.2 Å². The lowest BCUT2D eigenvalue weighted by Crippen LogP contribution is -2.21. The van der Waals surface area contributed by atoms with Gasteiger partial charge in [0.25, 0.3) is 0 Å². The molecule has 0 heterocycles. The molecule has 3 heteroatoms. The number of carbonyl (C=O) groups excluding carboxylic acids is 1. The Morgan fingerprint density at radius 3 is 2.82 bits per heavy atom. The van der Waals surface area contributed by atoms with Crippen LogP contribution in [0.15, 0.2) is 29.9 Å². The van der Waals surface area contributed by atoms with Crippen molar-refractivity contribution < 1.29 is 4.79 Å². The first-order chi connectivity index (χ1) is 5.16. The Bertz CT molecular complexity index is 194. The second kappa shape index (κ2) is 5.41. The quantitative estimate of drug-likeness (QED) is 0.597. The fourth-order valence-electron chi connectivity index (χ4n) is 0.430. The third kappa shape index (κ3) is 6.51. The molecule has 0 aliphatic carbocycles. The van der Waals surface area contributed by atoms with Crippen molar-refractivity contribution in [2.75, 3.05) is 6.54 Å². The van der Waals surface area contributed by atoms with Crippen LogP contribution in [0.5, 0.6) is 0 Å². The van der Waals surface area contributed by atoms with E-state index in [-0.39, 0.29) is 5.91 Å². The molecule has 11 heavy (non-hydrogen) atoms. The Labute approximate surface area is 66.5 Å². The number of aliphatic imine (C=N–C) groups is 1. The smallest absolute Gasteiger partial charge is 0.217 e. The molecule has 1 N–H and O–H groups in total. The maximum absolute atomic E-state index is 10.4. The van der Waals surface area contributed by atoms with Crippen molar-refractivity contribution in [3.8, 4) is 0 Å². The zero-order valence-corrected chi connectivity index (χ0v) is 6.63. The summed E-state index contributed by atoms with van der Waals surface area (Å²) in [6.07, 6.45) is 3.09. The molecule has 0 radical (unpaired) electrons. The van der Waals surface area contributed by atoms with Crippen LogP contribution in [0.4, 0.5) is 0 Å². The summed E-state index contributed by atoms with van der Waals surface area (Å²) in [5, 5.41) is 2.57. The molecule has 0 bridgehead atoms. The van der Waals surface area contributed by atoms with Gasteiger partial charge in [-0.15, -0.1) is 0 Å². The van der Waals surface area contributed by atoms with E-state index in [2.05, 4.69) is 23.5 Å². The van der Waals surface area contributed by atoms with Crippen LogP contribution in [0.2, 0.25) is 0 Å². The Hall–Kier alpha value is -1.38. The highest BCUT2D eigenvalue weighted by Gasteiger charge is 1.90. The first kappa shape index (κ1) is 9.62. The summed E-state index contributed by atoms with van der Waals surface area (Å²) in [7, 11) is 0. The topological polar surface area (TPSA) is 41.5 Å². The summed E-state index contributed by atoms with van der Waals surface area (Å²) in [5.74, 6) is -0.0834. The van der Waals surface area contributed by atoms with Crippen molar-refractivity contribution in [3.05, 3.63) is 24.9 Å². The number of hydrogen-bond acceptors (Lipinski definition) is 2. The third-order valence-corrected chi connectivity index (χ3v) is 0.904. The van der Waals surface area contributed by atoms with E-state index in [0.717, 1.165) is 0 Å². The van der Waals surface area contributed by atoms with Crippen LogP contribution in [0.3, 0.4) is 0 Å². The number of hydrogen-bond donors (Lipinski definition) is 1. The van der Waals surface area contributed by atoms with Gasteiger partial charge in [0, 0.05) is 13.1 Å². The van der Waals surface area contributed by atoms with Crippen LogP contribution in [-0.4, -0.2) is 18.7 Å². The largest absolute Gasteiger partial charge is 0.351 e. The second-order valence-corrected chi connectivity index (χ2v) is 1.99. The first-order valence-corrected chi connectivity index (χ1v) is 3.24. The van der Waals surface area contributed by atoms with Crippen LogP contribution in [0.25, 0.3) is 0 Å². The van der Waals surface area contributed by atoms with Gasteiger partial charge >= 0.3 is 0 Å². The van der Waals surface area contributed by atoms with Crippen LogP contribution < -0.4 is 5.32 Å². The van der Waals surface area contributed by atoms with Gasteiger partial charge in [-0.2, -0.15) is 0 Å². The molecule has 0 saturated carbocycles. The number of carbonyl (C=O) groups is 1. The van der Waals surface area contributed by atoms with Gasteiger partial charge in [0.15, 0.2) is 0 Å². The number of nitrogens with one attached hydrogen (secondary N) is 1. The van der Waals surface area contributed by atoms with Gasteiger partial charge in [-0.3, -0.25) is 9.79 Å². The summed E-state index contributed by atoms with van der Waals surface area (Å²) in [5.41, 5.74) is 0.611. The van der Waals surface area contributed by atoms with Crippen molar-refractivity contribution in [2.24, 2.45) is 4.99 Å². The highest BCUT2D eigenvalue weighted by Crippen LogP contribution is 1.87. The first-order valence-electron chi connectivity index (χ1n) is 3.24. The molecule has 0 aromatic heterocycles. The summed E-state index contributed by atoms with van der Waals surface area (Å²) in [4.78, 5) is 14.3. The summed E-state index contributed by atoms with van der Waals surface area (Å²) in [6, 6.07) is 0. The zero-order chi connectivity index (χ0) is 8.69. The average Bonchev–Trinajstić information content (AvgIpc) is 1.97. The Morgan fingerprint density at radius 1 is 1.73 bits per heavy atom. The van der Waals surface area contributed by atoms with Gasteiger partial charge in [-0.05, 0) is 0 Å². The van der Waals surface area contributed by atoms with Crippen molar-refractivity contribution in [1.29, 1.82) is 0 Å². The third-order valence-electron chi connectivity index (χ3n) is 0.904. The minimum Gasteiger partial charge on any atom is -0.351 e. The molecule has 0 fully saturated rings. The lowest BCUT2D eigenvalue weighted by atomic mass is 10.5. The van der Waals surface area contributed by atoms with E-state index in [9.17, 15) is 4.79 Å². The molecule has 0 unspecified atom stereocenters. The maximum Gasteiger partial charge on any atom is 0.217 e. The Morgan fingerprint density at radius 2 is 2.36 bits per heavy atom. The van der Waals surface area contributed by atoms with Crippen molar-refractivity contribution in [2.45, 2.75) is 6.92 Å². The van der Waals surface area contributed by atoms with Crippen LogP contribution in [0, 0.1) is 0 Å². The number of amides is 1. The normalized spacial score (nSPS) is 9.55. The molecule has 0 spiro atoms. The molecule has 0 aromatic carbocycles. The molecule has 0 aliphatic heterocycles. The van der Waals surface area contributed by atoms with Crippen molar-refractivity contribution in [1.82, 2.24) is 5.32 Å². The Balaban J connectivity index is 3.61. The highest BCUT2D eigenvalue weighted by atomic mass is 16.1. The fourth-order valence-corrected chi connectivity index (χ4v) is 0.430. The molecule has 0 saturated heterocycles. The number of rotatable bonds is 4. The monoisotopic (exact) mass is 152 g/mol. The van der Waals surface area contributed by atoms with Crippen molar-refractivity contribution in [3.63, 3.8) is 0 Å². The standard InChI is InChI=1S/C8H12N2O/c1-4-5-9-7(2)6-10-8(3)11/h4-5H,1-2,6H2,3H3,(H,10,11). The molecule has 1 amide bonds. The van der Waals surface area contributed by atoms with E-state index in [1.165, 1.54) is 13.1 Å². The molecule has 60 valence electrons. The van der Waals surface area contributed by atoms with Gasteiger partial charge in [0.1, 0.15) is 0 Å².